The third kappa shape index (κ3) is 2.60. The van der Waals surface area contributed by atoms with E-state index in [9.17, 15) is 10.2 Å². The summed E-state index contributed by atoms with van der Waals surface area (Å²) in [6, 6.07) is 0. The van der Waals surface area contributed by atoms with Gasteiger partial charge in [0.1, 0.15) is 24.4 Å². The van der Waals surface area contributed by atoms with Crippen LogP contribution in [0, 0.1) is 0 Å². The first-order chi connectivity index (χ1) is 9.85. The van der Waals surface area contributed by atoms with E-state index in [1.165, 1.54) is 21.3 Å². The molecule has 0 radical (unpaired) electrons. The molecule has 0 bridgehead atoms. The summed E-state index contributed by atoms with van der Waals surface area (Å²) in [6.45, 7) is 3.02. The van der Waals surface area contributed by atoms with Crippen molar-refractivity contribution in [1.29, 1.82) is 0 Å². The molecule has 7 atom stereocenters. The summed E-state index contributed by atoms with van der Waals surface area (Å²) in [7, 11) is 4.33. The summed E-state index contributed by atoms with van der Waals surface area (Å²) in [5.41, 5.74) is 0. The minimum Gasteiger partial charge on any atom is -0.394 e. The Morgan fingerprint density at radius 2 is 1.52 bits per heavy atom. The first-order valence-corrected chi connectivity index (χ1v) is 6.79. The lowest BCUT2D eigenvalue weighted by Crippen LogP contribution is -2.73. The number of hydrogen-bond donors (Lipinski definition) is 2. The van der Waals surface area contributed by atoms with Crippen LogP contribution in [0.2, 0.25) is 0 Å². The van der Waals surface area contributed by atoms with Crippen molar-refractivity contribution in [2.24, 2.45) is 0 Å². The maximum atomic E-state index is 10.3. The van der Waals surface area contributed by atoms with Crippen molar-refractivity contribution >= 4 is 0 Å². The summed E-state index contributed by atoms with van der Waals surface area (Å²) in [5, 5.41) is 19.8. The molecule has 2 aliphatic rings. The molecule has 2 heterocycles. The highest BCUT2D eigenvalue weighted by atomic mass is 16.8. The minimum absolute atomic E-state index is 0.305. The van der Waals surface area contributed by atoms with Crippen LogP contribution in [0.3, 0.4) is 0 Å². The number of fused-ring (bicyclic) bond motifs is 1. The molecule has 124 valence electrons. The molecule has 2 fully saturated rings. The lowest BCUT2D eigenvalue weighted by Gasteiger charge is -2.56. The normalized spacial score (nSPS) is 50.7. The lowest BCUT2D eigenvalue weighted by atomic mass is 9.94. The molecule has 0 aromatic rings. The van der Waals surface area contributed by atoms with Crippen molar-refractivity contribution in [3.63, 3.8) is 0 Å². The van der Waals surface area contributed by atoms with Gasteiger partial charge in [-0.1, -0.05) is 0 Å². The Morgan fingerprint density at radius 3 is 1.95 bits per heavy atom. The number of aliphatic hydroxyl groups is 2. The monoisotopic (exact) mass is 308 g/mol. The Hall–Kier alpha value is -0.320. The van der Waals surface area contributed by atoms with Crippen LogP contribution in [0.25, 0.3) is 0 Å². The van der Waals surface area contributed by atoms with Gasteiger partial charge in [0.2, 0.25) is 11.6 Å². The summed E-state index contributed by atoms with van der Waals surface area (Å²) in [5.74, 6) is -2.46. The second kappa shape index (κ2) is 6.05. The molecule has 2 aliphatic heterocycles. The van der Waals surface area contributed by atoms with Gasteiger partial charge in [0.05, 0.1) is 6.61 Å². The zero-order valence-corrected chi connectivity index (χ0v) is 12.9. The number of ether oxygens (including phenoxy) is 6. The van der Waals surface area contributed by atoms with Crippen molar-refractivity contribution in [2.45, 2.75) is 56.1 Å². The average Bonchev–Trinajstić information content (AvgIpc) is 2.50. The number of rotatable bonds is 4. The first kappa shape index (κ1) is 17.0. The Balaban J connectivity index is 2.33. The van der Waals surface area contributed by atoms with Gasteiger partial charge in [-0.25, -0.2) is 0 Å². The highest BCUT2D eigenvalue weighted by Crippen LogP contribution is 2.43. The summed E-state index contributed by atoms with van der Waals surface area (Å²) >= 11 is 0. The molecule has 2 N–H and O–H groups in total. The molecule has 2 rings (SSSR count). The highest BCUT2D eigenvalue weighted by molar-refractivity contribution is 4.99. The van der Waals surface area contributed by atoms with Gasteiger partial charge in [0.15, 0.2) is 6.29 Å². The van der Waals surface area contributed by atoms with Crippen molar-refractivity contribution in [2.75, 3.05) is 27.9 Å². The van der Waals surface area contributed by atoms with Crippen LogP contribution in [0.4, 0.5) is 0 Å². The Kier molecular flexibility index (Phi) is 4.91. The fourth-order valence-corrected chi connectivity index (χ4v) is 2.71. The van der Waals surface area contributed by atoms with Crippen LogP contribution in [-0.4, -0.2) is 80.4 Å². The second-order valence-corrected chi connectivity index (χ2v) is 5.42. The average molecular weight is 308 g/mol. The molecule has 0 unspecified atom stereocenters. The van der Waals surface area contributed by atoms with E-state index in [1.54, 1.807) is 13.8 Å². The van der Waals surface area contributed by atoms with Crippen LogP contribution in [0.15, 0.2) is 0 Å². The summed E-state index contributed by atoms with van der Waals surface area (Å²) in [6.07, 6.45) is -4.21. The fourth-order valence-electron chi connectivity index (χ4n) is 2.71. The van der Waals surface area contributed by atoms with Gasteiger partial charge >= 0.3 is 0 Å². The minimum atomic E-state index is -1.24. The molecule has 0 saturated carbocycles. The maximum Gasteiger partial charge on any atom is 0.220 e. The van der Waals surface area contributed by atoms with E-state index in [-0.39, 0.29) is 6.61 Å². The van der Waals surface area contributed by atoms with Crippen LogP contribution >= 0.6 is 0 Å². The van der Waals surface area contributed by atoms with Crippen molar-refractivity contribution in [3.05, 3.63) is 0 Å². The van der Waals surface area contributed by atoms with Gasteiger partial charge < -0.3 is 38.6 Å². The molecule has 8 heteroatoms. The maximum absolute atomic E-state index is 10.3. The van der Waals surface area contributed by atoms with Crippen LogP contribution in [0.1, 0.15) is 13.8 Å². The number of aliphatic hydroxyl groups excluding tert-OH is 2. The third-order valence-corrected chi connectivity index (χ3v) is 4.35. The van der Waals surface area contributed by atoms with E-state index in [2.05, 4.69) is 0 Å². The van der Waals surface area contributed by atoms with Gasteiger partial charge in [0.25, 0.3) is 0 Å². The zero-order chi connectivity index (χ0) is 15.8. The van der Waals surface area contributed by atoms with Crippen molar-refractivity contribution in [1.82, 2.24) is 0 Å². The Labute approximate surface area is 123 Å². The topological polar surface area (TPSA) is 95.8 Å². The zero-order valence-electron chi connectivity index (χ0n) is 12.9. The van der Waals surface area contributed by atoms with E-state index >= 15 is 0 Å². The summed E-state index contributed by atoms with van der Waals surface area (Å²) < 4.78 is 33.2. The first-order valence-electron chi connectivity index (χ1n) is 6.79. The van der Waals surface area contributed by atoms with E-state index in [0.717, 1.165) is 0 Å². The lowest BCUT2D eigenvalue weighted by molar-refractivity contribution is -0.479. The predicted octanol–water partition coefficient (Wildman–Crippen LogP) is -0.780. The van der Waals surface area contributed by atoms with E-state index in [1.807, 2.05) is 0 Å². The predicted molar refractivity (Wildman–Crippen MR) is 69.3 cm³/mol. The second-order valence-electron chi connectivity index (χ2n) is 5.42. The fraction of sp³-hybridized carbons (Fsp3) is 1.00. The van der Waals surface area contributed by atoms with Gasteiger partial charge in [-0.15, -0.1) is 0 Å². The smallest absolute Gasteiger partial charge is 0.220 e. The molecule has 2 saturated heterocycles. The van der Waals surface area contributed by atoms with Crippen LogP contribution in [-0.2, 0) is 28.4 Å². The Bertz CT molecular complexity index is 366. The number of methoxy groups -OCH3 is 3. The van der Waals surface area contributed by atoms with Crippen LogP contribution < -0.4 is 0 Å². The molecule has 0 spiro atoms. The third-order valence-electron chi connectivity index (χ3n) is 4.35. The highest BCUT2D eigenvalue weighted by Gasteiger charge is 2.62. The SMILES string of the molecule is CO[C@H]1O[C@H](CO)[C@H]2O[C@](C)(OC)[C@@](C)(OC)O[C@@H]2[C@@H]1O. The quantitative estimate of drug-likeness (QED) is 0.698. The summed E-state index contributed by atoms with van der Waals surface area (Å²) in [4.78, 5) is 0. The van der Waals surface area contributed by atoms with Gasteiger partial charge in [-0.05, 0) is 13.8 Å². The molecule has 0 amide bonds. The molecular weight excluding hydrogens is 284 g/mol. The number of hydrogen-bond acceptors (Lipinski definition) is 8. The Morgan fingerprint density at radius 1 is 1.00 bits per heavy atom. The van der Waals surface area contributed by atoms with Crippen molar-refractivity contribution in [3.8, 4) is 0 Å². The molecule has 0 aromatic carbocycles. The van der Waals surface area contributed by atoms with E-state index in [4.69, 9.17) is 28.4 Å². The van der Waals surface area contributed by atoms with Gasteiger partial charge in [-0.3, -0.25) is 0 Å². The van der Waals surface area contributed by atoms with Crippen molar-refractivity contribution < 1.29 is 38.6 Å². The molecular formula is C13H24O8. The molecule has 8 nitrogen and oxygen atoms in total. The van der Waals surface area contributed by atoms with E-state index < -0.39 is 42.3 Å². The molecule has 0 aliphatic carbocycles. The van der Waals surface area contributed by atoms with Gasteiger partial charge in [0, 0.05) is 21.3 Å². The molecule has 0 aromatic heterocycles. The van der Waals surface area contributed by atoms with Crippen LogP contribution in [0.5, 0.6) is 0 Å². The van der Waals surface area contributed by atoms with Gasteiger partial charge in [-0.2, -0.15) is 0 Å². The van der Waals surface area contributed by atoms with E-state index in [0.29, 0.717) is 0 Å². The standard InChI is InChI=1S/C13H24O8/c1-12(17-4)13(2,18-5)21-10-8(15)11(16-3)19-7(6-14)9(10)20-12/h7-11,14-15H,6H2,1-5H3/t7-,8+,9-,10-,11+,12+,13+/m1/s1. The largest absolute Gasteiger partial charge is 0.394 e. The molecule has 21 heavy (non-hydrogen) atoms.